The van der Waals surface area contributed by atoms with Crippen molar-refractivity contribution < 1.29 is 4.74 Å². The molecule has 1 aliphatic carbocycles. The van der Waals surface area contributed by atoms with Crippen LogP contribution in [0.2, 0.25) is 0 Å². The predicted octanol–water partition coefficient (Wildman–Crippen LogP) is 7.97. The van der Waals surface area contributed by atoms with E-state index < -0.39 is 0 Å². The molecule has 1 aliphatic heterocycles. The van der Waals surface area contributed by atoms with E-state index in [9.17, 15) is 0 Å². The van der Waals surface area contributed by atoms with E-state index in [1.165, 1.54) is 35.1 Å². The Morgan fingerprint density at radius 1 is 0.966 bits per heavy atom. The molecule has 0 aromatic heterocycles. The van der Waals surface area contributed by atoms with Gasteiger partial charge in [-0.25, -0.2) is 0 Å². The number of aryl methyl sites for hydroxylation is 1. The Morgan fingerprint density at radius 2 is 1.66 bits per heavy atom. The van der Waals surface area contributed by atoms with E-state index in [4.69, 9.17) is 4.74 Å². The lowest BCUT2D eigenvalue weighted by atomic mass is 9.73. The minimum absolute atomic E-state index is 0.399. The highest BCUT2D eigenvalue weighted by atomic mass is 16.5. The van der Waals surface area contributed by atoms with E-state index in [1.807, 2.05) is 27.7 Å². The molecule has 1 nitrogen and oxygen atoms in total. The minimum atomic E-state index is 0.399. The summed E-state index contributed by atoms with van der Waals surface area (Å²) in [6.07, 6.45) is 6.32. The summed E-state index contributed by atoms with van der Waals surface area (Å²) in [6.45, 7) is 15.7. The summed E-state index contributed by atoms with van der Waals surface area (Å²) in [5.74, 6) is 1.48. The highest BCUT2D eigenvalue weighted by molar-refractivity contribution is 5.49. The zero-order valence-corrected chi connectivity index (χ0v) is 19.8. The fraction of sp³-hybridized carbons (Fsp3) is 0.571. The monoisotopic (exact) mass is 394 g/mol. The molecule has 0 spiro atoms. The van der Waals surface area contributed by atoms with E-state index in [2.05, 4.69) is 57.2 Å². The third-order valence-electron chi connectivity index (χ3n) is 6.24. The van der Waals surface area contributed by atoms with Crippen LogP contribution in [0.3, 0.4) is 0 Å². The second kappa shape index (κ2) is 11.6. The van der Waals surface area contributed by atoms with Crippen LogP contribution in [0.25, 0.3) is 0 Å². The van der Waals surface area contributed by atoms with Crippen molar-refractivity contribution in [2.45, 2.75) is 98.5 Å². The van der Waals surface area contributed by atoms with Crippen LogP contribution in [0.15, 0.2) is 36.4 Å². The van der Waals surface area contributed by atoms with Crippen molar-refractivity contribution in [3.05, 3.63) is 69.8 Å². The standard InChI is InChI=1S/C24H30O.2C2H6/c1-4-20-15-23-14-19(11-16(2)24(20)23)13-18-5-7-21(8-6-18)22-9-10-25-17(3)12-22;2*1-2/h5-8,11,14,17,20,22H,4,9-10,12-13,15H2,1-3H3;2*1-2H3. The molecular formula is C28H42O. The van der Waals surface area contributed by atoms with Crippen LogP contribution in [-0.2, 0) is 17.6 Å². The van der Waals surface area contributed by atoms with E-state index in [-0.39, 0.29) is 0 Å². The molecule has 3 atom stereocenters. The summed E-state index contributed by atoms with van der Waals surface area (Å²) in [6, 6.07) is 14.2. The Morgan fingerprint density at radius 3 is 2.24 bits per heavy atom. The van der Waals surface area contributed by atoms with Gasteiger partial charge in [0.2, 0.25) is 0 Å². The third kappa shape index (κ3) is 5.72. The lowest BCUT2D eigenvalue weighted by Gasteiger charge is -2.32. The SMILES string of the molecule is CC.CC.CCC1Cc2cc(Cc3ccc(C4CCOC(C)C4)cc3)cc(C)c21. The first kappa shape index (κ1) is 23.7. The van der Waals surface area contributed by atoms with Gasteiger partial charge < -0.3 is 4.74 Å². The van der Waals surface area contributed by atoms with E-state index in [0.29, 0.717) is 12.0 Å². The summed E-state index contributed by atoms with van der Waals surface area (Å²) >= 11 is 0. The number of hydrogen-bond acceptors (Lipinski definition) is 1. The number of fused-ring (bicyclic) bond motifs is 1. The van der Waals surface area contributed by atoms with Crippen molar-refractivity contribution in [2.24, 2.45) is 0 Å². The molecule has 2 aromatic rings. The van der Waals surface area contributed by atoms with Crippen molar-refractivity contribution in [3.63, 3.8) is 0 Å². The fourth-order valence-corrected chi connectivity index (χ4v) is 4.84. The van der Waals surface area contributed by atoms with Gasteiger partial charge in [-0.05, 0) is 91.2 Å². The Balaban J connectivity index is 0.000000707. The first-order valence-electron chi connectivity index (χ1n) is 12.0. The summed E-state index contributed by atoms with van der Waals surface area (Å²) < 4.78 is 5.69. The number of benzene rings is 2. The van der Waals surface area contributed by atoms with Crippen molar-refractivity contribution in [3.8, 4) is 0 Å². The molecule has 0 saturated carbocycles. The van der Waals surface area contributed by atoms with Crippen molar-refractivity contribution in [1.82, 2.24) is 0 Å². The Kier molecular flexibility index (Phi) is 9.43. The molecule has 1 saturated heterocycles. The molecule has 0 radical (unpaired) electrons. The predicted molar refractivity (Wildman–Crippen MR) is 127 cm³/mol. The van der Waals surface area contributed by atoms with Crippen molar-refractivity contribution in [1.29, 1.82) is 0 Å². The molecule has 160 valence electrons. The van der Waals surface area contributed by atoms with Gasteiger partial charge in [0.25, 0.3) is 0 Å². The van der Waals surface area contributed by atoms with Gasteiger partial charge in [0.15, 0.2) is 0 Å². The quantitative estimate of drug-likeness (QED) is 0.511. The minimum Gasteiger partial charge on any atom is -0.378 e. The molecule has 3 unspecified atom stereocenters. The van der Waals surface area contributed by atoms with Gasteiger partial charge in [-0.1, -0.05) is 71.0 Å². The number of ether oxygens (including phenoxy) is 1. The third-order valence-corrected chi connectivity index (χ3v) is 6.24. The molecule has 0 amide bonds. The Hall–Kier alpha value is -1.60. The van der Waals surface area contributed by atoms with E-state index in [1.54, 1.807) is 11.1 Å². The van der Waals surface area contributed by atoms with Crippen molar-refractivity contribution >= 4 is 0 Å². The van der Waals surface area contributed by atoms with Crippen LogP contribution in [0.1, 0.15) is 106 Å². The van der Waals surface area contributed by atoms with Crippen LogP contribution >= 0.6 is 0 Å². The topological polar surface area (TPSA) is 9.23 Å². The van der Waals surface area contributed by atoms with Crippen LogP contribution in [0.5, 0.6) is 0 Å². The normalized spacial score (nSPS) is 22.2. The van der Waals surface area contributed by atoms with Gasteiger partial charge in [-0.2, -0.15) is 0 Å². The first-order chi connectivity index (χ1) is 14.1. The molecule has 29 heavy (non-hydrogen) atoms. The molecule has 1 heterocycles. The summed E-state index contributed by atoms with van der Waals surface area (Å²) in [7, 11) is 0. The van der Waals surface area contributed by atoms with E-state index >= 15 is 0 Å². The van der Waals surface area contributed by atoms with Crippen LogP contribution < -0.4 is 0 Å². The molecule has 4 rings (SSSR count). The highest BCUT2D eigenvalue weighted by Crippen LogP contribution is 2.40. The van der Waals surface area contributed by atoms with Gasteiger partial charge in [0.05, 0.1) is 6.10 Å². The van der Waals surface area contributed by atoms with Crippen LogP contribution in [0, 0.1) is 6.92 Å². The average molecular weight is 395 g/mol. The number of rotatable bonds is 4. The molecular weight excluding hydrogens is 352 g/mol. The Bertz CT molecular complexity index is 726. The van der Waals surface area contributed by atoms with E-state index in [0.717, 1.165) is 31.8 Å². The zero-order valence-electron chi connectivity index (χ0n) is 19.8. The molecule has 2 aliphatic rings. The molecule has 0 bridgehead atoms. The van der Waals surface area contributed by atoms with Crippen LogP contribution in [0.4, 0.5) is 0 Å². The summed E-state index contributed by atoms with van der Waals surface area (Å²) in [4.78, 5) is 0. The van der Waals surface area contributed by atoms with Gasteiger partial charge in [-0.15, -0.1) is 0 Å². The molecule has 0 N–H and O–H groups in total. The van der Waals surface area contributed by atoms with Crippen molar-refractivity contribution in [2.75, 3.05) is 6.61 Å². The maximum atomic E-state index is 5.69. The van der Waals surface area contributed by atoms with Crippen LogP contribution in [-0.4, -0.2) is 12.7 Å². The Labute approximate surface area is 179 Å². The lowest BCUT2D eigenvalue weighted by Crippen LogP contribution is -2.21. The summed E-state index contributed by atoms with van der Waals surface area (Å²) in [5, 5.41) is 0. The lowest BCUT2D eigenvalue weighted by molar-refractivity contribution is 0.0186. The molecule has 1 heteroatoms. The largest absolute Gasteiger partial charge is 0.378 e. The maximum Gasteiger partial charge on any atom is 0.0552 e. The van der Waals surface area contributed by atoms with Gasteiger partial charge in [-0.3, -0.25) is 0 Å². The van der Waals surface area contributed by atoms with Gasteiger partial charge in [0.1, 0.15) is 0 Å². The second-order valence-corrected chi connectivity index (χ2v) is 8.12. The first-order valence-corrected chi connectivity index (χ1v) is 12.0. The highest BCUT2D eigenvalue weighted by Gasteiger charge is 2.26. The smallest absolute Gasteiger partial charge is 0.0552 e. The summed E-state index contributed by atoms with van der Waals surface area (Å²) in [5.41, 5.74) is 9.11. The average Bonchev–Trinajstić information content (AvgIpc) is 2.73. The second-order valence-electron chi connectivity index (χ2n) is 8.12. The molecule has 2 aromatic carbocycles. The number of hydrogen-bond donors (Lipinski definition) is 0. The fourth-order valence-electron chi connectivity index (χ4n) is 4.84. The zero-order chi connectivity index (χ0) is 21.4. The van der Waals surface area contributed by atoms with Gasteiger partial charge >= 0.3 is 0 Å². The maximum absolute atomic E-state index is 5.69. The van der Waals surface area contributed by atoms with Gasteiger partial charge in [0, 0.05) is 6.61 Å². The molecule has 1 fully saturated rings.